The van der Waals surface area contributed by atoms with Crippen molar-refractivity contribution >= 4 is 17.3 Å². The molecule has 116 valence electrons. The predicted molar refractivity (Wildman–Crippen MR) is 86.6 cm³/mol. The molecule has 0 aromatic heterocycles. The molecule has 1 aromatic carbocycles. The number of aryl methyl sites for hydroxylation is 1. The lowest BCUT2D eigenvalue weighted by molar-refractivity contribution is -0.114. The van der Waals surface area contributed by atoms with Crippen molar-refractivity contribution in [3.8, 4) is 0 Å². The highest BCUT2D eigenvalue weighted by Gasteiger charge is 2.31. The number of hydrogen-bond acceptors (Lipinski definition) is 3. The van der Waals surface area contributed by atoms with Gasteiger partial charge in [-0.3, -0.25) is 4.79 Å². The van der Waals surface area contributed by atoms with Crippen molar-refractivity contribution in [3.63, 3.8) is 0 Å². The Hall–Kier alpha value is -1.55. The molecule has 2 rings (SSSR count). The van der Waals surface area contributed by atoms with E-state index in [-0.39, 0.29) is 17.9 Å². The van der Waals surface area contributed by atoms with E-state index < -0.39 is 0 Å². The summed E-state index contributed by atoms with van der Waals surface area (Å²) < 4.78 is 0. The summed E-state index contributed by atoms with van der Waals surface area (Å²) in [5.41, 5.74) is 2.89. The van der Waals surface area contributed by atoms with Crippen LogP contribution in [0.3, 0.4) is 0 Å². The molecule has 0 heterocycles. The molecule has 0 unspecified atom stereocenters. The van der Waals surface area contributed by atoms with Gasteiger partial charge in [0.1, 0.15) is 0 Å². The van der Waals surface area contributed by atoms with Gasteiger partial charge in [0.15, 0.2) is 0 Å². The summed E-state index contributed by atoms with van der Waals surface area (Å²) in [5, 5.41) is 16.0. The van der Waals surface area contributed by atoms with Crippen molar-refractivity contribution in [2.75, 3.05) is 23.8 Å². The van der Waals surface area contributed by atoms with Crippen LogP contribution in [0.2, 0.25) is 0 Å². The van der Waals surface area contributed by atoms with Crippen LogP contribution in [0.5, 0.6) is 0 Å². The highest BCUT2D eigenvalue weighted by molar-refractivity contribution is 5.90. The Morgan fingerprint density at radius 2 is 2.00 bits per heavy atom. The summed E-state index contributed by atoms with van der Waals surface area (Å²) >= 11 is 0. The molecule has 1 aliphatic carbocycles. The number of aliphatic hydroxyl groups excluding tert-OH is 1. The molecule has 0 aliphatic heterocycles. The van der Waals surface area contributed by atoms with Gasteiger partial charge in [-0.1, -0.05) is 25.3 Å². The predicted octanol–water partition coefficient (Wildman–Crippen LogP) is 3.31. The first-order valence-corrected chi connectivity index (χ1v) is 7.78. The molecule has 1 fully saturated rings. The molecule has 0 spiro atoms. The highest BCUT2D eigenvalue weighted by atomic mass is 16.3. The van der Waals surface area contributed by atoms with Gasteiger partial charge in [0, 0.05) is 30.3 Å². The van der Waals surface area contributed by atoms with Crippen LogP contribution in [0.15, 0.2) is 18.2 Å². The number of rotatable bonds is 5. The standard InChI is InChI=1S/C17H26N2O2/c1-13-6-7-15(10-16(13)19-14(2)21)18-11-17(12-20)8-4-3-5-9-17/h6-7,10,18,20H,3-5,8-9,11-12H2,1-2H3,(H,19,21). The lowest BCUT2D eigenvalue weighted by Crippen LogP contribution is -2.35. The van der Waals surface area contributed by atoms with Gasteiger partial charge in [0.25, 0.3) is 0 Å². The first kappa shape index (κ1) is 15.8. The zero-order valence-electron chi connectivity index (χ0n) is 13.0. The summed E-state index contributed by atoms with van der Waals surface area (Å²) in [6.45, 7) is 4.52. The molecule has 0 radical (unpaired) electrons. The maximum Gasteiger partial charge on any atom is 0.221 e. The smallest absolute Gasteiger partial charge is 0.221 e. The first-order valence-electron chi connectivity index (χ1n) is 7.78. The molecule has 1 saturated carbocycles. The van der Waals surface area contributed by atoms with E-state index in [0.29, 0.717) is 0 Å². The highest BCUT2D eigenvalue weighted by Crippen LogP contribution is 2.36. The van der Waals surface area contributed by atoms with Crippen molar-refractivity contribution in [2.24, 2.45) is 5.41 Å². The van der Waals surface area contributed by atoms with Gasteiger partial charge < -0.3 is 15.7 Å². The number of amides is 1. The minimum Gasteiger partial charge on any atom is -0.396 e. The van der Waals surface area contributed by atoms with E-state index in [4.69, 9.17) is 0 Å². The fourth-order valence-corrected chi connectivity index (χ4v) is 3.04. The van der Waals surface area contributed by atoms with Crippen molar-refractivity contribution in [1.29, 1.82) is 0 Å². The Labute approximate surface area is 126 Å². The third kappa shape index (κ3) is 4.21. The van der Waals surface area contributed by atoms with E-state index >= 15 is 0 Å². The average Bonchev–Trinajstić information content (AvgIpc) is 2.48. The van der Waals surface area contributed by atoms with E-state index in [0.717, 1.165) is 36.3 Å². The molecule has 3 N–H and O–H groups in total. The quantitative estimate of drug-likeness (QED) is 0.779. The van der Waals surface area contributed by atoms with E-state index in [1.54, 1.807) is 0 Å². The molecule has 0 atom stereocenters. The fourth-order valence-electron chi connectivity index (χ4n) is 3.04. The van der Waals surface area contributed by atoms with Gasteiger partial charge in [-0.2, -0.15) is 0 Å². The third-order valence-electron chi connectivity index (χ3n) is 4.47. The molecule has 1 amide bonds. The van der Waals surface area contributed by atoms with Crippen LogP contribution in [0.4, 0.5) is 11.4 Å². The number of hydrogen-bond donors (Lipinski definition) is 3. The van der Waals surface area contributed by atoms with Crippen molar-refractivity contribution < 1.29 is 9.90 Å². The van der Waals surface area contributed by atoms with Crippen LogP contribution >= 0.6 is 0 Å². The maximum atomic E-state index is 11.2. The summed E-state index contributed by atoms with van der Waals surface area (Å²) in [6.07, 6.45) is 5.85. The number of nitrogens with one attached hydrogen (secondary N) is 2. The van der Waals surface area contributed by atoms with Crippen LogP contribution in [-0.2, 0) is 4.79 Å². The lowest BCUT2D eigenvalue weighted by atomic mass is 9.74. The van der Waals surface area contributed by atoms with Crippen LogP contribution in [0.25, 0.3) is 0 Å². The van der Waals surface area contributed by atoms with Crippen molar-refractivity contribution in [2.45, 2.75) is 46.0 Å². The Balaban J connectivity index is 2.03. The second kappa shape index (κ2) is 6.94. The minimum absolute atomic E-state index is 0.0112. The average molecular weight is 290 g/mol. The summed E-state index contributed by atoms with van der Waals surface area (Å²) in [5.74, 6) is -0.0608. The zero-order chi connectivity index (χ0) is 15.3. The van der Waals surface area contributed by atoms with Gasteiger partial charge >= 0.3 is 0 Å². The molecule has 4 nitrogen and oxygen atoms in total. The molecule has 0 saturated heterocycles. The zero-order valence-corrected chi connectivity index (χ0v) is 13.0. The number of carbonyl (C=O) groups is 1. The molecular weight excluding hydrogens is 264 g/mol. The molecule has 21 heavy (non-hydrogen) atoms. The second-order valence-electron chi connectivity index (χ2n) is 6.28. The Bertz CT molecular complexity index is 494. The number of anilines is 2. The molecule has 1 aliphatic rings. The van der Waals surface area contributed by atoms with E-state index in [9.17, 15) is 9.90 Å². The molecule has 4 heteroatoms. The summed E-state index contributed by atoms with van der Waals surface area (Å²) in [4.78, 5) is 11.2. The Morgan fingerprint density at radius 3 is 2.62 bits per heavy atom. The van der Waals surface area contributed by atoms with Gasteiger partial charge in [0.2, 0.25) is 5.91 Å². The van der Waals surface area contributed by atoms with Crippen molar-refractivity contribution in [1.82, 2.24) is 0 Å². The third-order valence-corrected chi connectivity index (χ3v) is 4.47. The largest absolute Gasteiger partial charge is 0.396 e. The molecule has 1 aromatic rings. The van der Waals surface area contributed by atoms with Gasteiger partial charge in [-0.15, -0.1) is 0 Å². The SMILES string of the molecule is CC(=O)Nc1cc(NCC2(CO)CCCCC2)ccc1C. The normalized spacial score (nSPS) is 17.3. The minimum atomic E-state index is -0.0608. The number of carbonyl (C=O) groups excluding carboxylic acids is 1. The van der Waals surface area contributed by atoms with Crippen molar-refractivity contribution in [3.05, 3.63) is 23.8 Å². The van der Waals surface area contributed by atoms with E-state index in [1.165, 1.54) is 26.2 Å². The van der Waals surface area contributed by atoms with Crippen LogP contribution in [0, 0.1) is 12.3 Å². The second-order valence-corrected chi connectivity index (χ2v) is 6.28. The van der Waals surface area contributed by atoms with E-state index in [1.807, 2.05) is 25.1 Å². The van der Waals surface area contributed by atoms with Crippen LogP contribution < -0.4 is 10.6 Å². The number of aliphatic hydroxyl groups is 1. The molecule has 0 bridgehead atoms. The Kier molecular flexibility index (Phi) is 5.23. The Morgan fingerprint density at radius 1 is 1.29 bits per heavy atom. The summed E-state index contributed by atoms with van der Waals surface area (Å²) in [7, 11) is 0. The molecular formula is C17H26N2O2. The van der Waals surface area contributed by atoms with Gasteiger partial charge in [0.05, 0.1) is 6.61 Å². The topological polar surface area (TPSA) is 61.4 Å². The maximum absolute atomic E-state index is 11.2. The first-order chi connectivity index (χ1) is 10.0. The van der Waals surface area contributed by atoms with Crippen LogP contribution in [0.1, 0.15) is 44.6 Å². The lowest BCUT2D eigenvalue weighted by Gasteiger charge is -2.36. The van der Waals surface area contributed by atoms with Gasteiger partial charge in [-0.05, 0) is 37.5 Å². The van der Waals surface area contributed by atoms with E-state index in [2.05, 4.69) is 10.6 Å². The van der Waals surface area contributed by atoms with Gasteiger partial charge in [-0.25, -0.2) is 0 Å². The summed E-state index contributed by atoms with van der Waals surface area (Å²) in [6, 6.07) is 5.99. The van der Waals surface area contributed by atoms with Crippen LogP contribution in [-0.4, -0.2) is 24.2 Å². The fraction of sp³-hybridized carbons (Fsp3) is 0.588. The monoisotopic (exact) mass is 290 g/mol. The number of benzene rings is 1.